The number of furan rings is 1. The van der Waals surface area contributed by atoms with Gasteiger partial charge in [-0.1, -0.05) is 24.3 Å². The van der Waals surface area contributed by atoms with E-state index in [0.29, 0.717) is 11.3 Å². The molecule has 0 saturated heterocycles. The van der Waals surface area contributed by atoms with Crippen molar-refractivity contribution in [1.82, 2.24) is 0 Å². The predicted molar refractivity (Wildman–Crippen MR) is 106 cm³/mol. The normalized spacial score (nSPS) is 11.1. The van der Waals surface area contributed by atoms with Gasteiger partial charge >= 0.3 is 12.3 Å². The number of carbonyl (C=O) groups is 2. The van der Waals surface area contributed by atoms with Crippen LogP contribution in [0, 0.1) is 0 Å². The van der Waals surface area contributed by atoms with Gasteiger partial charge in [0, 0.05) is 11.3 Å². The fourth-order valence-corrected chi connectivity index (χ4v) is 2.79. The van der Waals surface area contributed by atoms with E-state index in [1.54, 1.807) is 30.3 Å². The molecule has 1 aromatic heterocycles. The number of ether oxygens (including phenoxy) is 2. The highest BCUT2D eigenvalue weighted by Gasteiger charge is 2.31. The number of benzene rings is 2. The average molecular weight is 433 g/mol. The van der Waals surface area contributed by atoms with Gasteiger partial charge < -0.3 is 19.2 Å². The van der Waals surface area contributed by atoms with Gasteiger partial charge in [-0.15, -0.1) is 13.2 Å². The lowest BCUT2D eigenvalue weighted by molar-refractivity contribution is -0.274. The van der Waals surface area contributed by atoms with Crippen LogP contribution in [0.25, 0.3) is 11.3 Å². The molecular weight excluding hydrogens is 415 g/mol. The van der Waals surface area contributed by atoms with Crippen LogP contribution in [0.1, 0.15) is 16.1 Å². The fraction of sp³-hybridized carbons (Fsp3) is 0.182. The first-order chi connectivity index (χ1) is 14.7. The van der Waals surface area contributed by atoms with E-state index >= 15 is 0 Å². The first kappa shape index (κ1) is 21.9. The van der Waals surface area contributed by atoms with E-state index in [1.807, 2.05) is 0 Å². The zero-order valence-electron chi connectivity index (χ0n) is 16.4. The number of anilines is 1. The quantitative estimate of drug-likeness (QED) is 0.404. The predicted octanol–water partition coefficient (Wildman–Crippen LogP) is 4.86. The number of nitrogens with one attached hydrogen (secondary N) is 1. The highest BCUT2D eigenvalue weighted by molar-refractivity contribution is 5.97. The number of Topliss-reactive ketones (excluding diaryl/α,β-unsaturated/α-hetero) is 1. The van der Waals surface area contributed by atoms with Crippen LogP contribution >= 0.6 is 0 Å². The molecule has 3 rings (SSSR count). The molecule has 0 amide bonds. The molecule has 6 nitrogen and oxygen atoms in total. The number of hydrogen-bond donors (Lipinski definition) is 1. The van der Waals surface area contributed by atoms with Crippen LogP contribution in [0.4, 0.5) is 18.9 Å². The Balaban J connectivity index is 1.64. The Morgan fingerprint density at radius 3 is 2.55 bits per heavy atom. The Bertz CT molecular complexity index is 1070. The average Bonchev–Trinajstić information content (AvgIpc) is 3.21. The minimum absolute atomic E-state index is 0.0513. The number of rotatable bonds is 8. The summed E-state index contributed by atoms with van der Waals surface area (Å²) in [6, 6.07) is 15.2. The number of halogens is 3. The van der Waals surface area contributed by atoms with Crippen molar-refractivity contribution >= 4 is 17.4 Å². The van der Waals surface area contributed by atoms with Gasteiger partial charge in [-0.2, -0.15) is 0 Å². The molecule has 0 aliphatic carbocycles. The van der Waals surface area contributed by atoms with Crippen molar-refractivity contribution < 1.29 is 36.7 Å². The number of carbonyl (C=O) groups excluding carboxylic acids is 2. The van der Waals surface area contributed by atoms with Crippen molar-refractivity contribution in [3.05, 3.63) is 72.0 Å². The smallest absolute Gasteiger partial charge is 0.469 e. The van der Waals surface area contributed by atoms with E-state index in [2.05, 4.69) is 14.8 Å². The molecule has 3 aromatic rings. The Labute approximate surface area is 175 Å². The van der Waals surface area contributed by atoms with Gasteiger partial charge in [0.25, 0.3) is 0 Å². The van der Waals surface area contributed by atoms with Gasteiger partial charge in [0.1, 0.15) is 11.5 Å². The van der Waals surface area contributed by atoms with Crippen molar-refractivity contribution in [1.29, 1.82) is 0 Å². The SMILES string of the molecule is COC(=O)Cc1cccc(NCC(=O)c2ccc(-c3cccc(OC(F)(F)F)c3)o2)c1. The van der Waals surface area contributed by atoms with E-state index in [1.165, 1.54) is 37.4 Å². The maximum absolute atomic E-state index is 12.4. The van der Waals surface area contributed by atoms with Gasteiger partial charge in [0.05, 0.1) is 20.1 Å². The molecule has 0 aliphatic heterocycles. The third-order valence-corrected chi connectivity index (χ3v) is 4.19. The number of ketones is 1. The molecule has 0 atom stereocenters. The van der Waals surface area contributed by atoms with Gasteiger partial charge in [-0.25, -0.2) is 0 Å². The van der Waals surface area contributed by atoms with Crippen molar-refractivity contribution in [2.24, 2.45) is 0 Å². The van der Waals surface area contributed by atoms with E-state index in [9.17, 15) is 22.8 Å². The molecule has 9 heteroatoms. The topological polar surface area (TPSA) is 77.8 Å². The highest BCUT2D eigenvalue weighted by Crippen LogP contribution is 2.29. The second kappa shape index (κ2) is 9.38. The lowest BCUT2D eigenvalue weighted by Crippen LogP contribution is -2.17. The summed E-state index contributed by atoms with van der Waals surface area (Å²) in [6.45, 7) is -0.0775. The molecule has 0 saturated carbocycles. The summed E-state index contributed by atoms with van der Waals surface area (Å²) in [5.41, 5.74) is 1.70. The lowest BCUT2D eigenvalue weighted by Gasteiger charge is -2.09. The van der Waals surface area contributed by atoms with Gasteiger partial charge in [-0.05, 0) is 42.0 Å². The molecule has 0 aliphatic rings. The summed E-state index contributed by atoms with van der Waals surface area (Å²) in [7, 11) is 1.31. The molecule has 0 bridgehead atoms. The Kier molecular flexibility index (Phi) is 6.64. The molecule has 1 N–H and O–H groups in total. The van der Waals surface area contributed by atoms with Crippen LogP contribution < -0.4 is 10.1 Å². The maximum Gasteiger partial charge on any atom is 0.573 e. The first-order valence-electron chi connectivity index (χ1n) is 9.12. The maximum atomic E-state index is 12.4. The second-order valence-corrected chi connectivity index (χ2v) is 6.47. The number of hydrogen-bond acceptors (Lipinski definition) is 6. The standard InChI is InChI=1S/C22H18F3NO5/c1-29-21(28)11-14-4-2-6-16(10-14)26-13-18(27)20-9-8-19(30-20)15-5-3-7-17(12-15)31-22(23,24)25/h2-10,12,26H,11,13H2,1H3. The number of methoxy groups -OCH3 is 1. The van der Waals surface area contributed by atoms with Crippen LogP contribution in [0.15, 0.2) is 65.1 Å². The molecule has 31 heavy (non-hydrogen) atoms. The van der Waals surface area contributed by atoms with Gasteiger partial charge in [-0.3, -0.25) is 9.59 Å². The first-order valence-corrected chi connectivity index (χ1v) is 9.12. The summed E-state index contributed by atoms with van der Waals surface area (Å²) in [4.78, 5) is 23.8. The van der Waals surface area contributed by atoms with Crippen LogP contribution in [0.3, 0.4) is 0 Å². The van der Waals surface area contributed by atoms with Crippen LogP contribution in [-0.4, -0.2) is 31.8 Å². The molecule has 162 valence electrons. The Hall–Kier alpha value is -3.75. The fourth-order valence-electron chi connectivity index (χ4n) is 2.79. The van der Waals surface area contributed by atoms with E-state index in [0.717, 1.165) is 5.56 Å². The lowest BCUT2D eigenvalue weighted by atomic mass is 10.1. The Morgan fingerprint density at radius 2 is 1.81 bits per heavy atom. The summed E-state index contributed by atoms with van der Waals surface area (Å²) in [6.07, 6.45) is -4.69. The highest BCUT2D eigenvalue weighted by atomic mass is 19.4. The van der Waals surface area contributed by atoms with Crippen molar-refractivity contribution in [3.8, 4) is 17.1 Å². The third-order valence-electron chi connectivity index (χ3n) is 4.19. The minimum atomic E-state index is -4.80. The minimum Gasteiger partial charge on any atom is -0.469 e. The number of esters is 1. The van der Waals surface area contributed by atoms with Crippen molar-refractivity contribution in [2.75, 3.05) is 19.0 Å². The largest absolute Gasteiger partial charge is 0.573 e. The Morgan fingerprint density at radius 1 is 1.03 bits per heavy atom. The monoisotopic (exact) mass is 433 g/mol. The van der Waals surface area contributed by atoms with E-state index in [4.69, 9.17) is 4.42 Å². The van der Waals surface area contributed by atoms with E-state index in [-0.39, 0.29) is 42.0 Å². The third kappa shape index (κ3) is 6.36. The molecule has 0 spiro atoms. The summed E-state index contributed by atoms with van der Waals surface area (Å²) >= 11 is 0. The number of alkyl halides is 3. The summed E-state index contributed by atoms with van der Waals surface area (Å²) < 4.78 is 51.2. The van der Waals surface area contributed by atoms with E-state index < -0.39 is 6.36 Å². The van der Waals surface area contributed by atoms with Crippen LogP contribution in [-0.2, 0) is 16.0 Å². The second-order valence-electron chi connectivity index (χ2n) is 6.47. The zero-order chi connectivity index (χ0) is 22.4. The van der Waals surface area contributed by atoms with Gasteiger partial charge in [0.2, 0.25) is 5.78 Å². The molecular formula is C22H18F3NO5. The zero-order valence-corrected chi connectivity index (χ0v) is 16.4. The summed E-state index contributed by atoms with van der Waals surface area (Å²) in [5, 5.41) is 2.95. The van der Waals surface area contributed by atoms with Crippen LogP contribution in [0.2, 0.25) is 0 Å². The summed E-state index contributed by atoms with van der Waals surface area (Å²) in [5.74, 6) is -0.831. The molecule has 0 radical (unpaired) electrons. The molecule has 0 fully saturated rings. The van der Waals surface area contributed by atoms with Gasteiger partial charge in [0.15, 0.2) is 5.76 Å². The van der Waals surface area contributed by atoms with Crippen molar-refractivity contribution in [3.63, 3.8) is 0 Å². The molecule has 0 unspecified atom stereocenters. The molecule has 2 aromatic carbocycles. The van der Waals surface area contributed by atoms with Crippen LogP contribution in [0.5, 0.6) is 5.75 Å². The van der Waals surface area contributed by atoms with Crippen molar-refractivity contribution in [2.45, 2.75) is 12.8 Å². The molecule has 1 heterocycles.